The molecule has 0 aliphatic carbocycles. The fourth-order valence-electron chi connectivity index (χ4n) is 0.613. The fourth-order valence-corrected chi connectivity index (χ4v) is 1.84. The Morgan fingerprint density at radius 2 is 1.27 bits per heavy atom. The molecule has 0 radical (unpaired) electrons. The van der Waals surface area contributed by atoms with Crippen LogP contribution in [0, 0.1) is 11.8 Å². The van der Waals surface area contributed by atoms with E-state index in [1.54, 1.807) is 20.8 Å². The van der Waals surface area contributed by atoms with Crippen LogP contribution in [-0.2, 0) is 13.6 Å². The Balaban J connectivity index is -0.000000245. The number of rotatable bonds is 5. The molecule has 0 aromatic carbocycles. The average Bonchev–Trinajstić information content (AvgIpc) is 2.23. The van der Waals surface area contributed by atoms with Gasteiger partial charge in [-0.2, -0.15) is 0 Å². The molecule has 15 heavy (non-hydrogen) atoms. The van der Waals surface area contributed by atoms with Crippen LogP contribution in [-0.4, -0.2) is 19.4 Å². The third kappa shape index (κ3) is 16.3. The minimum absolute atomic E-state index is 0.450. The minimum Gasteiger partial charge on any atom is -0.309 e. The molecule has 0 aliphatic rings. The van der Waals surface area contributed by atoms with Gasteiger partial charge < -0.3 is 9.05 Å². The van der Waals surface area contributed by atoms with Crippen molar-refractivity contribution in [1.82, 2.24) is 0 Å². The molecule has 0 aromatic heterocycles. The van der Waals surface area contributed by atoms with Crippen LogP contribution >= 0.6 is 7.60 Å². The van der Waals surface area contributed by atoms with Crippen molar-refractivity contribution in [2.24, 2.45) is 0 Å². The van der Waals surface area contributed by atoms with Gasteiger partial charge in [0.15, 0.2) is 0 Å². The zero-order valence-corrected chi connectivity index (χ0v) is 11.4. The van der Waals surface area contributed by atoms with Gasteiger partial charge in [-0.25, -0.2) is 5.26 Å². The van der Waals surface area contributed by atoms with E-state index in [9.17, 15) is 4.57 Å². The highest BCUT2D eigenvalue weighted by atomic mass is 31.2. The van der Waals surface area contributed by atoms with E-state index < -0.39 is 7.60 Å². The van der Waals surface area contributed by atoms with E-state index in [4.69, 9.17) is 14.3 Å². The van der Waals surface area contributed by atoms with E-state index >= 15 is 0 Å². The third-order valence-corrected chi connectivity index (χ3v) is 3.12. The highest BCUT2D eigenvalue weighted by Crippen LogP contribution is 2.47. The van der Waals surface area contributed by atoms with Crippen molar-refractivity contribution in [3.63, 3.8) is 0 Å². The Bertz CT molecular complexity index is 161. The van der Waals surface area contributed by atoms with E-state index in [0.717, 1.165) is 0 Å². The lowest BCUT2D eigenvalue weighted by Gasteiger charge is -2.13. The molecule has 0 aromatic rings. The van der Waals surface area contributed by atoms with E-state index in [2.05, 4.69) is 20.4 Å². The number of nitriles is 1. The number of nitrogens with zero attached hydrogens (tertiary/aromatic N) is 1. The lowest BCUT2D eigenvalue weighted by Crippen LogP contribution is -1.97. The van der Waals surface area contributed by atoms with Gasteiger partial charge in [0, 0.05) is 12.7 Å². The average molecular weight is 237 g/mol. The molecule has 0 heterocycles. The second-order valence-electron chi connectivity index (χ2n) is 2.47. The molecule has 0 saturated heterocycles. The Labute approximate surface area is 94.1 Å². The molecule has 0 bridgehead atoms. The fraction of sp³-hybridized carbons (Fsp3) is 0.900. The Kier molecular flexibility index (Phi) is 21.6. The van der Waals surface area contributed by atoms with Crippen molar-refractivity contribution in [3.8, 4) is 6.57 Å². The normalized spacial score (nSPS) is 9.27. The molecule has 0 amide bonds. The van der Waals surface area contributed by atoms with E-state index in [1.807, 2.05) is 0 Å². The molecule has 0 atom stereocenters. The first kappa shape index (κ1) is 20.1. The van der Waals surface area contributed by atoms with Crippen molar-refractivity contribution in [3.05, 3.63) is 0 Å². The molecule has 0 spiro atoms. The smallest absolute Gasteiger partial charge is 0.309 e. The zero-order valence-electron chi connectivity index (χ0n) is 10.5. The standard InChI is InChI=1S/C6H15O3P.C3H8.CHN/c1-4-8-10(7,6-3)9-5-2;1-3-2;1-2/h4-6H2,1-3H3;3H2,1-2H3;1H. The zero-order chi connectivity index (χ0) is 12.7. The SMILES string of the molecule is C#N.CCC.CCOP(=O)(CC)OCC. The van der Waals surface area contributed by atoms with E-state index in [0.29, 0.717) is 19.4 Å². The molecule has 0 fully saturated rings. The quantitative estimate of drug-likeness (QED) is 0.682. The van der Waals surface area contributed by atoms with Crippen molar-refractivity contribution in [1.29, 1.82) is 5.26 Å². The maximum absolute atomic E-state index is 11.3. The van der Waals surface area contributed by atoms with Crippen LogP contribution in [0.25, 0.3) is 0 Å². The summed E-state index contributed by atoms with van der Waals surface area (Å²) in [5.74, 6) is 0. The topological polar surface area (TPSA) is 59.3 Å². The first-order chi connectivity index (χ1) is 7.10. The monoisotopic (exact) mass is 237 g/mol. The van der Waals surface area contributed by atoms with Gasteiger partial charge in [0.2, 0.25) is 0 Å². The summed E-state index contributed by atoms with van der Waals surface area (Å²) in [4.78, 5) is 0. The van der Waals surface area contributed by atoms with E-state index in [1.165, 1.54) is 6.42 Å². The lowest BCUT2D eigenvalue weighted by atomic mass is 10.6. The first-order valence-corrected chi connectivity index (χ1v) is 6.96. The highest BCUT2D eigenvalue weighted by molar-refractivity contribution is 7.53. The van der Waals surface area contributed by atoms with Crippen molar-refractivity contribution in [2.45, 2.75) is 41.0 Å². The minimum atomic E-state index is -2.70. The van der Waals surface area contributed by atoms with Crippen molar-refractivity contribution in [2.75, 3.05) is 19.4 Å². The second kappa shape index (κ2) is 16.1. The van der Waals surface area contributed by atoms with Crippen LogP contribution in [0.1, 0.15) is 41.0 Å². The summed E-state index contributed by atoms with van der Waals surface area (Å²) in [5.41, 5.74) is 0. The molecule has 0 rings (SSSR count). The summed E-state index contributed by atoms with van der Waals surface area (Å²) in [6, 6.07) is 0. The largest absolute Gasteiger partial charge is 0.330 e. The van der Waals surface area contributed by atoms with E-state index in [-0.39, 0.29) is 0 Å². The van der Waals surface area contributed by atoms with Gasteiger partial charge >= 0.3 is 7.60 Å². The van der Waals surface area contributed by atoms with Gasteiger partial charge in [-0.15, -0.1) is 0 Å². The summed E-state index contributed by atoms with van der Waals surface area (Å²) in [6.45, 7) is 14.1. The lowest BCUT2D eigenvalue weighted by molar-refractivity contribution is 0.221. The van der Waals surface area contributed by atoms with Crippen LogP contribution in [0.5, 0.6) is 0 Å². The first-order valence-electron chi connectivity index (χ1n) is 5.24. The predicted molar refractivity (Wildman–Crippen MR) is 64.0 cm³/mol. The van der Waals surface area contributed by atoms with Crippen LogP contribution in [0.2, 0.25) is 0 Å². The molecule has 0 saturated carbocycles. The van der Waals surface area contributed by atoms with Gasteiger partial charge in [-0.3, -0.25) is 4.57 Å². The van der Waals surface area contributed by atoms with Gasteiger partial charge in [0.1, 0.15) is 0 Å². The molecule has 0 unspecified atom stereocenters. The molecule has 4 nitrogen and oxygen atoms in total. The van der Waals surface area contributed by atoms with Gasteiger partial charge in [0.25, 0.3) is 0 Å². The summed E-state index contributed by atoms with van der Waals surface area (Å²) >= 11 is 0. The molecule has 92 valence electrons. The number of hydrogen-bond donors (Lipinski definition) is 0. The van der Waals surface area contributed by atoms with Crippen molar-refractivity contribution >= 4 is 7.60 Å². The molecular formula is C10H24NO3P. The molecule has 0 aliphatic heterocycles. The summed E-state index contributed by atoms with van der Waals surface area (Å²) in [5, 5.41) is 6.50. The Morgan fingerprint density at radius 3 is 1.40 bits per heavy atom. The highest BCUT2D eigenvalue weighted by Gasteiger charge is 2.19. The van der Waals surface area contributed by atoms with Gasteiger partial charge in [-0.1, -0.05) is 27.2 Å². The molecule has 0 N–H and O–H groups in total. The summed E-state index contributed by atoms with van der Waals surface area (Å²) < 4.78 is 21.2. The van der Waals surface area contributed by atoms with Gasteiger partial charge in [-0.05, 0) is 13.8 Å². The van der Waals surface area contributed by atoms with Crippen LogP contribution < -0.4 is 0 Å². The summed E-state index contributed by atoms with van der Waals surface area (Å²) in [7, 11) is -2.70. The Morgan fingerprint density at radius 1 is 1.00 bits per heavy atom. The van der Waals surface area contributed by atoms with Gasteiger partial charge in [0.05, 0.1) is 13.2 Å². The van der Waals surface area contributed by atoms with Crippen molar-refractivity contribution < 1.29 is 13.6 Å². The maximum Gasteiger partial charge on any atom is 0.330 e. The molecular weight excluding hydrogens is 213 g/mol. The number of hydrogen-bond acceptors (Lipinski definition) is 4. The molecule has 5 heteroatoms. The Hall–Kier alpha value is -0.360. The summed E-state index contributed by atoms with van der Waals surface area (Å²) in [6.07, 6.45) is 1.70. The maximum atomic E-state index is 11.3. The van der Waals surface area contributed by atoms with Crippen LogP contribution in [0.4, 0.5) is 0 Å². The van der Waals surface area contributed by atoms with Crippen LogP contribution in [0.3, 0.4) is 0 Å². The van der Waals surface area contributed by atoms with Crippen LogP contribution in [0.15, 0.2) is 0 Å². The predicted octanol–water partition coefficient (Wildman–Crippen LogP) is 3.83. The third-order valence-electron chi connectivity index (χ3n) is 1.04. The second-order valence-corrected chi connectivity index (χ2v) is 4.84.